The number of rotatable bonds is 36. The maximum atomic E-state index is 14.8. The zero-order valence-electron chi connectivity index (χ0n) is 63.4. The van der Waals surface area contributed by atoms with E-state index in [0.29, 0.717) is 24.2 Å². The van der Waals surface area contributed by atoms with E-state index >= 15 is 0 Å². The molecule has 0 aliphatic carbocycles. The van der Waals surface area contributed by atoms with Crippen LogP contribution in [0, 0.1) is 5.92 Å². The van der Waals surface area contributed by atoms with Gasteiger partial charge >= 0.3 is 29.8 Å². The Balaban J connectivity index is 2.29. The van der Waals surface area contributed by atoms with Gasteiger partial charge in [-0.15, -0.1) is 0 Å². The maximum Gasteiger partial charge on any atom is 0.329 e. The minimum absolute atomic E-state index is 0.0283. The number of ketones is 1. The number of anilines is 1. The number of cyclic esters (lactones) is 1. The van der Waals surface area contributed by atoms with Gasteiger partial charge in [0.15, 0.2) is 5.78 Å². The lowest BCUT2D eigenvalue weighted by molar-refractivity contribution is -0.156. The number of nitrogens with two attached hydrogens (primary N) is 3. The first-order valence-electron chi connectivity index (χ1n) is 36.4. The number of carboxylic acids is 4. The monoisotopic (exact) mass is 1610 g/mol. The zero-order valence-corrected chi connectivity index (χ0v) is 63.4. The van der Waals surface area contributed by atoms with Gasteiger partial charge < -0.3 is 121 Å². The Labute approximate surface area is 653 Å². The number of nitrogens with one attached hydrogen (secondary N) is 13. The number of Topliss-reactive ketones (excluding diaryl/α,β-unsaturated/α-hetero) is 1. The number of aliphatic hydroxyl groups is 1. The predicted molar refractivity (Wildman–Crippen MR) is 395 cm³/mol. The summed E-state index contributed by atoms with van der Waals surface area (Å²) in [5.74, 6) is -29.5. The molecule has 0 unspecified atom stereocenters. The number of primary amides is 1. The number of carbonyl (C=O) groups is 20. The van der Waals surface area contributed by atoms with Crippen molar-refractivity contribution in [2.75, 3.05) is 39.1 Å². The second kappa shape index (κ2) is 49.0. The molecule has 2 aromatic carbocycles. The fourth-order valence-electron chi connectivity index (χ4n) is 11.3. The van der Waals surface area contributed by atoms with E-state index in [4.69, 9.17) is 26.7 Å². The summed E-state index contributed by atoms with van der Waals surface area (Å²) < 4.78 is 11.0. The molecule has 2 aromatic rings. The van der Waals surface area contributed by atoms with Crippen molar-refractivity contribution in [3.05, 3.63) is 59.7 Å². The molecule has 114 heavy (non-hydrogen) atoms. The van der Waals surface area contributed by atoms with Crippen LogP contribution in [0.25, 0.3) is 0 Å². The number of hydrogen-bond acceptors (Lipinski definition) is 25. The van der Waals surface area contributed by atoms with Gasteiger partial charge in [0, 0.05) is 30.5 Å². The second-order valence-corrected chi connectivity index (χ2v) is 26.7. The van der Waals surface area contributed by atoms with Gasteiger partial charge in [0.1, 0.15) is 78.3 Å². The topological polar surface area (TPSA) is 695 Å². The standard InChI is InChI=1S/C71H102N16O27/c1-6-7-8-9-10-11-12-22-52(91)79-43(26-38-17-15-18-39(25-38)113-5)65(106)82-44(28-51(74)90)66(107)84-47(31-58(100)101)67(108)87-60-37(4)114-71(112)48(27-50(89)40-19-13-14-20-41(40)73)85-70(111)59(35(2)24-55(94)95)86-68(109)49(34-88)80-54(93)32-75-62(103)45(29-56(96)97)81-61(102)36(3)77-64(105)46(30-57(98)99)83-63(104)42(21-16-23-72)78-53(92)33-76-69(60)110/h13-15,17-20,25,35-37,42-49,59-60,88H,6-12,16,21-24,26-34,72-73H2,1-5H3,(H2,74,90)(H,75,103)(H,76,110)(H,77,105)(H,78,92)(H,79,91)(H,80,93)(H,81,102)(H,82,106)(H,83,104)(H,84,107)(H,85,111)(H,86,109)(H,87,108)(H,94,95)(H,96,97)(H,98,99)(H,100,101)/t35-,36-,37-,42+,43+,44-,45+,46+,47+,48+,49-,59+,60+/m1/s1. The molecule has 0 bridgehead atoms. The number of carboxylic acid groups (broad SMARTS) is 4. The maximum absolute atomic E-state index is 14.8. The largest absolute Gasteiger partial charge is 0.497 e. The molecule has 0 spiro atoms. The molecule has 24 N–H and O–H groups in total. The first kappa shape index (κ1) is 95.8. The number of esters is 1. The van der Waals surface area contributed by atoms with Crippen LogP contribution < -0.4 is 91.1 Å². The lowest BCUT2D eigenvalue weighted by atomic mass is 9.96. The minimum atomic E-state index is -2.45. The van der Waals surface area contributed by atoms with Crippen molar-refractivity contribution in [2.24, 2.45) is 17.4 Å². The van der Waals surface area contributed by atoms with E-state index in [-0.39, 0.29) is 37.1 Å². The number of nitrogen functional groups attached to an aromatic ring is 1. The highest BCUT2D eigenvalue weighted by Crippen LogP contribution is 2.20. The van der Waals surface area contributed by atoms with Gasteiger partial charge in [0.2, 0.25) is 82.7 Å². The Morgan fingerprint density at radius 2 is 1.11 bits per heavy atom. The summed E-state index contributed by atoms with van der Waals surface area (Å²) in [5, 5.41) is 77.8. The molecule has 1 aliphatic rings. The van der Waals surface area contributed by atoms with Gasteiger partial charge in [-0.05, 0) is 75.4 Å². The Morgan fingerprint density at radius 1 is 0.561 bits per heavy atom. The molecular formula is C71H102N16O27. The third-order valence-corrected chi connectivity index (χ3v) is 17.3. The van der Waals surface area contributed by atoms with Crippen LogP contribution in [-0.4, -0.2) is 250 Å². The molecule has 3 rings (SSSR count). The number of methoxy groups -OCH3 is 1. The van der Waals surface area contributed by atoms with Crippen LogP contribution in [0.5, 0.6) is 5.75 Å². The first-order valence-corrected chi connectivity index (χ1v) is 36.4. The summed E-state index contributed by atoms with van der Waals surface area (Å²) in [5.41, 5.74) is 17.3. The molecular weight excluding hydrogens is 1510 g/mol. The highest BCUT2D eigenvalue weighted by molar-refractivity contribution is 6.05. The molecule has 43 heteroatoms. The number of ether oxygens (including phenoxy) is 2. The molecule has 14 amide bonds. The molecule has 1 heterocycles. The zero-order chi connectivity index (χ0) is 85.5. The number of benzene rings is 2. The lowest BCUT2D eigenvalue weighted by Crippen LogP contribution is -2.62. The van der Waals surface area contributed by atoms with Crippen LogP contribution in [0.2, 0.25) is 0 Å². The van der Waals surface area contributed by atoms with Crippen molar-refractivity contribution in [1.29, 1.82) is 0 Å². The Bertz CT molecular complexity index is 3800. The summed E-state index contributed by atoms with van der Waals surface area (Å²) in [6.07, 6.45) is -4.01. The van der Waals surface area contributed by atoms with Crippen LogP contribution in [-0.2, 0) is 102 Å². The van der Waals surface area contributed by atoms with Crippen molar-refractivity contribution in [1.82, 2.24) is 69.1 Å². The Hall–Kier alpha value is -12.4. The van der Waals surface area contributed by atoms with E-state index in [1.54, 1.807) is 24.3 Å². The fourth-order valence-corrected chi connectivity index (χ4v) is 11.3. The summed E-state index contributed by atoms with van der Waals surface area (Å²) in [7, 11) is 1.38. The molecule has 1 aliphatic heterocycles. The third-order valence-electron chi connectivity index (χ3n) is 17.3. The molecule has 628 valence electrons. The summed E-state index contributed by atoms with van der Waals surface area (Å²) in [6.45, 7) is 1.09. The van der Waals surface area contributed by atoms with Crippen molar-refractivity contribution in [2.45, 2.75) is 209 Å². The van der Waals surface area contributed by atoms with E-state index in [9.17, 15) is 121 Å². The number of carbonyl (C=O) groups excluding carboxylic acids is 16. The smallest absolute Gasteiger partial charge is 0.329 e. The molecule has 1 fully saturated rings. The van der Waals surface area contributed by atoms with Crippen molar-refractivity contribution < 1.29 is 131 Å². The minimum Gasteiger partial charge on any atom is -0.497 e. The summed E-state index contributed by atoms with van der Waals surface area (Å²) in [6, 6.07) is -11.2. The van der Waals surface area contributed by atoms with E-state index in [1.165, 1.54) is 31.4 Å². The van der Waals surface area contributed by atoms with Crippen molar-refractivity contribution >= 4 is 124 Å². The van der Waals surface area contributed by atoms with Gasteiger partial charge in [-0.1, -0.05) is 76.6 Å². The molecule has 0 radical (unpaired) electrons. The summed E-state index contributed by atoms with van der Waals surface area (Å²) >= 11 is 0. The number of para-hydroxylation sites is 1. The van der Waals surface area contributed by atoms with Crippen LogP contribution in [0.15, 0.2) is 48.5 Å². The number of aliphatic hydroxyl groups excluding tert-OH is 1. The quantitative estimate of drug-likeness (QED) is 0.0131. The Kier molecular flexibility index (Phi) is 41.2. The normalized spacial score (nSPS) is 21.2. The lowest BCUT2D eigenvalue weighted by Gasteiger charge is -2.30. The van der Waals surface area contributed by atoms with Gasteiger partial charge in [0.05, 0.1) is 58.9 Å². The van der Waals surface area contributed by atoms with E-state index in [1.807, 2.05) is 16.0 Å². The van der Waals surface area contributed by atoms with Crippen LogP contribution in [0.1, 0.15) is 146 Å². The number of unbranched alkanes of at least 4 members (excludes halogenated alkanes) is 6. The average molecular weight is 1610 g/mol. The number of amides is 14. The second-order valence-electron chi connectivity index (χ2n) is 26.7. The van der Waals surface area contributed by atoms with Gasteiger partial charge in [-0.2, -0.15) is 0 Å². The van der Waals surface area contributed by atoms with Gasteiger partial charge in [0.25, 0.3) is 0 Å². The van der Waals surface area contributed by atoms with Gasteiger partial charge in [-0.3, -0.25) is 91.1 Å². The highest BCUT2D eigenvalue weighted by atomic mass is 16.5. The van der Waals surface area contributed by atoms with E-state index < -0.39 is 261 Å². The van der Waals surface area contributed by atoms with Gasteiger partial charge in [-0.25, -0.2) is 4.79 Å². The predicted octanol–water partition coefficient (Wildman–Crippen LogP) is -6.09. The van der Waals surface area contributed by atoms with Crippen LogP contribution >= 0.6 is 0 Å². The van der Waals surface area contributed by atoms with Crippen LogP contribution in [0.3, 0.4) is 0 Å². The SMILES string of the molecule is CCCCCCCCCC(=O)N[C@@H](Cc1cccc(OC)c1)C(=O)N[C@H](CC(N)=O)C(=O)N[C@@H](CC(=O)O)C(=O)N[C@@H]1C(=O)NCC(=O)N[C@@H](CCCN)C(=O)N[C@@H](CC(=O)O)C(=O)N[C@H](C)C(=O)N[C@@H](CC(=O)O)C(=O)NCC(=O)N[C@H](CO)C(=O)N[C@@H]([C@H](C)CC(=O)O)C(=O)N[C@@H](CC(=O)c2ccccc2N)C(=O)O[C@@H]1C. The molecule has 0 aromatic heterocycles. The van der Waals surface area contributed by atoms with Crippen LogP contribution in [0.4, 0.5) is 5.69 Å². The highest BCUT2D eigenvalue weighted by Gasteiger charge is 2.41. The molecule has 13 atom stereocenters. The fraction of sp³-hybridized carbons (Fsp3) is 0.549. The average Bonchev–Trinajstić information content (AvgIpc) is 0.844. The number of hydrogen-bond donors (Lipinski definition) is 21. The van der Waals surface area contributed by atoms with E-state index in [0.717, 1.165) is 52.9 Å². The first-order chi connectivity index (χ1) is 53.8. The van der Waals surface area contributed by atoms with Crippen molar-refractivity contribution in [3.63, 3.8) is 0 Å². The molecule has 0 saturated carbocycles. The number of aliphatic carboxylic acids is 4. The molecule has 43 nitrogen and oxygen atoms in total. The summed E-state index contributed by atoms with van der Waals surface area (Å²) in [4.78, 5) is 272. The third kappa shape index (κ3) is 34.4. The molecule has 1 saturated heterocycles. The van der Waals surface area contributed by atoms with Crippen molar-refractivity contribution in [3.8, 4) is 5.75 Å². The van der Waals surface area contributed by atoms with E-state index in [2.05, 4.69) is 60.1 Å². The Morgan fingerprint density at radius 3 is 1.68 bits per heavy atom.